The van der Waals surface area contributed by atoms with Crippen molar-refractivity contribution < 1.29 is 0 Å². The molecule has 1 aromatic heterocycles. The van der Waals surface area contributed by atoms with Gasteiger partial charge in [-0.1, -0.05) is 75.9 Å². The van der Waals surface area contributed by atoms with E-state index in [9.17, 15) is 0 Å². The van der Waals surface area contributed by atoms with Gasteiger partial charge < -0.3 is 10.3 Å². The Balaban J connectivity index is 0.000000396. The van der Waals surface area contributed by atoms with E-state index in [2.05, 4.69) is 60.6 Å². The second kappa shape index (κ2) is 13.5. The van der Waals surface area contributed by atoms with Crippen molar-refractivity contribution in [3.8, 4) is 0 Å². The molecule has 0 spiro atoms. The number of nitrogens with one attached hydrogen (secondary N) is 1. The fourth-order valence-corrected chi connectivity index (χ4v) is 5.48. The van der Waals surface area contributed by atoms with E-state index < -0.39 is 0 Å². The number of allylic oxidation sites excluding steroid dienone is 1. The number of hydrogen-bond acceptors (Lipinski definition) is 3. The molecule has 1 aliphatic heterocycles. The van der Waals surface area contributed by atoms with Crippen molar-refractivity contribution in [3.05, 3.63) is 77.3 Å². The van der Waals surface area contributed by atoms with Crippen LogP contribution in [0.5, 0.6) is 0 Å². The quantitative estimate of drug-likeness (QED) is 0.427. The Morgan fingerprint density at radius 3 is 2.38 bits per heavy atom. The van der Waals surface area contributed by atoms with Gasteiger partial charge in [-0.05, 0) is 75.0 Å². The normalized spacial score (nSPS) is 18.7. The maximum atomic E-state index is 8.51. The van der Waals surface area contributed by atoms with Crippen LogP contribution in [0.3, 0.4) is 0 Å². The summed E-state index contributed by atoms with van der Waals surface area (Å²) < 4.78 is 0. The fraction of sp³-hybridized carbons (Fsp3) is 0.548. The summed E-state index contributed by atoms with van der Waals surface area (Å²) in [6.07, 6.45) is 14.5. The third-order valence-corrected chi connectivity index (χ3v) is 7.54. The van der Waals surface area contributed by atoms with Gasteiger partial charge in [-0.25, -0.2) is 0 Å². The summed E-state index contributed by atoms with van der Waals surface area (Å²) in [7, 11) is 0. The van der Waals surface area contributed by atoms with E-state index in [1.807, 2.05) is 19.2 Å². The van der Waals surface area contributed by atoms with E-state index in [0.717, 1.165) is 55.1 Å². The molecule has 2 aromatic rings. The van der Waals surface area contributed by atoms with Gasteiger partial charge in [0.15, 0.2) is 0 Å². The third kappa shape index (κ3) is 8.11. The molecule has 1 saturated heterocycles. The molecule has 1 N–H and O–H groups in total. The molecule has 1 saturated carbocycles. The predicted molar refractivity (Wildman–Crippen MR) is 146 cm³/mol. The molecule has 1 unspecified atom stereocenters. The lowest BCUT2D eigenvalue weighted by Gasteiger charge is -2.36. The molecule has 1 atom stereocenters. The number of likely N-dealkylation sites (tertiary alicyclic amines) is 1. The number of benzene rings is 1. The summed E-state index contributed by atoms with van der Waals surface area (Å²) in [6, 6.07) is 12.8. The minimum absolute atomic E-state index is 0.678. The Morgan fingerprint density at radius 2 is 1.74 bits per heavy atom. The highest BCUT2D eigenvalue weighted by atomic mass is 15.1. The van der Waals surface area contributed by atoms with Gasteiger partial charge in [0, 0.05) is 42.0 Å². The van der Waals surface area contributed by atoms with Crippen molar-refractivity contribution in [3.63, 3.8) is 0 Å². The lowest BCUT2D eigenvalue weighted by molar-refractivity contribution is 0.212. The zero-order valence-electron chi connectivity index (χ0n) is 21.8. The number of piperidine rings is 1. The second-order valence-corrected chi connectivity index (χ2v) is 10.5. The highest BCUT2D eigenvalue weighted by Gasteiger charge is 2.21. The smallest absolute Gasteiger partial charge is 0.0465 e. The minimum atomic E-state index is 0.678. The van der Waals surface area contributed by atoms with Crippen molar-refractivity contribution in [1.29, 1.82) is 5.41 Å². The summed E-state index contributed by atoms with van der Waals surface area (Å²) in [4.78, 5) is 6.81. The van der Waals surface area contributed by atoms with Crippen molar-refractivity contribution in [2.24, 2.45) is 11.8 Å². The Hall–Kier alpha value is -2.42. The van der Waals surface area contributed by atoms with Crippen molar-refractivity contribution >= 4 is 5.71 Å². The van der Waals surface area contributed by atoms with Crippen molar-refractivity contribution in [2.75, 3.05) is 13.1 Å². The Morgan fingerprint density at radius 1 is 1.00 bits per heavy atom. The lowest BCUT2D eigenvalue weighted by Crippen LogP contribution is -2.35. The third-order valence-electron chi connectivity index (χ3n) is 7.54. The molecule has 1 aliphatic carbocycles. The number of aryl methyl sites for hydroxylation is 2. The Labute approximate surface area is 208 Å². The highest BCUT2D eigenvalue weighted by molar-refractivity contribution is 6.00. The fourth-order valence-electron chi connectivity index (χ4n) is 5.48. The molecule has 3 heteroatoms. The summed E-state index contributed by atoms with van der Waals surface area (Å²) in [6.45, 7) is 12.9. The standard InChI is InChI=1S/C24H31N3.C7H14/c1-18-13-14-26-20(3)24(18)23(25)12-11-19(2)27-15-7-10-22(17-27)16-21-8-5-4-6-9-21;1-7-5-3-2-4-6-7/h4-6,8-9,13-14,22,25H,2,7,10-12,15-17H2,1,3H3;7H,2-6H2,1H3. The van der Waals surface area contributed by atoms with Crippen LogP contribution in [-0.4, -0.2) is 28.7 Å². The lowest BCUT2D eigenvalue weighted by atomic mass is 9.90. The van der Waals surface area contributed by atoms with E-state index >= 15 is 0 Å². The number of rotatable bonds is 7. The summed E-state index contributed by atoms with van der Waals surface area (Å²) >= 11 is 0. The maximum Gasteiger partial charge on any atom is 0.0465 e. The van der Waals surface area contributed by atoms with Gasteiger partial charge >= 0.3 is 0 Å². The molecule has 2 aliphatic rings. The largest absolute Gasteiger partial charge is 0.375 e. The van der Waals surface area contributed by atoms with Gasteiger partial charge in [0.05, 0.1) is 0 Å². The van der Waals surface area contributed by atoms with Crippen LogP contribution in [0.2, 0.25) is 0 Å². The van der Waals surface area contributed by atoms with E-state index in [-0.39, 0.29) is 0 Å². The zero-order valence-corrected chi connectivity index (χ0v) is 21.8. The minimum Gasteiger partial charge on any atom is -0.375 e. The molecule has 1 aromatic carbocycles. The molecule has 3 nitrogen and oxygen atoms in total. The van der Waals surface area contributed by atoms with Crippen molar-refractivity contribution in [2.45, 2.75) is 85.0 Å². The summed E-state index contributed by atoms with van der Waals surface area (Å²) in [5.74, 6) is 1.73. The first-order valence-electron chi connectivity index (χ1n) is 13.4. The van der Waals surface area contributed by atoms with Crippen molar-refractivity contribution in [1.82, 2.24) is 9.88 Å². The predicted octanol–water partition coefficient (Wildman–Crippen LogP) is 7.90. The number of nitrogens with zero attached hydrogens (tertiary/aromatic N) is 2. The first-order valence-corrected chi connectivity index (χ1v) is 13.4. The van der Waals surface area contributed by atoms with Gasteiger partial charge in [0.25, 0.3) is 0 Å². The number of pyridine rings is 1. The molecule has 0 amide bonds. The van der Waals surface area contributed by atoms with Gasteiger partial charge in [-0.15, -0.1) is 0 Å². The maximum absolute atomic E-state index is 8.51. The number of aromatic nitrogens is 1. The molecular weight excluding hydrogens is 414 g/mol. The first kappa shape index (κ1) is 26.2. The molecule has 0 bridgehead atoms. The molecule has 184 valence electrons. The topological polar surface area (TPSA) is 40.0 Å². The van der Waals surface area contributed by atoms with E-state index in [1.165, 1.54) is 56.2 Å². The number of hydrogen-bond donors (Lipinski definition) is 1. The van der Waals surface area contributed by atoms with Gasteiger partial charge in [0.1, 0.15) is 0 Å². The molecule has 2 heterocycles. The second-order valence-electron chi connectivity index (χ2n) is 10.5. The van der Waals surface area contributed by atoms with Crippen LogP contribution in [0.4, 0.5) is 0 Å². The molecular formula is C31H45N3. The SMILES string of the molecule is C=C(CCC(=N)c1c(C)ccnc1C)N1CCCC(Cc2ccccc2)C1.CC1CCCCC1. The highest BCUT2D eigenvalue weighted by Crippen LogP contribution is 2.25. The zero-order chi connectivity index (χ0) is 24.3. The van der Waals surface area contributed by atoms with Crippen LogP contribution in [0.25, 0.3) is 0 Å². The first-order chi connectivity index (χ1) is 16.4. The molecule has 2 fully saturated rings. The van der Waals surface area contributed by atoms with E-state index in [4.69, 9.17) is 5.41 Å². The average Bonchev–Trinajstić information content (AvgIpc) is 2.84. The van der Waals surface area contributed by atoms with Crippen LogP contribution in [0.15, 0.2) is 54.9 Å². The molecule has 4 rings (SSSR count). The Kier molecular flexibility index (Phi) is 10.4. The van der Waals surface area contributed by atoms with E-state index in [0.29, 0.717) is 11.6 Å². The van der Waals surface area contributed by atoms with Gasteiger partial charge in [-0.3, -0.25) is 4.98 Å². The van der Waals surface area contributed by atoms with Crippen LogP contribution in [0, 0.1) is 31.1 Å². The average molecular weight is 460 g/mol. The van der Waals surface area contributed by atoms with Gasteiger partial charge in [-0.2, -0.15) is 0 Å². The van der Waals surface area contributed by atoms with Crippen LogP contribution in [-0.2, 0) is 6.42 Å². The van der Waals surface area contributed by atoms with E-state index in [1.54, 1.807) is 0 Å². The van der Waals surface area contributed by atoms with Crippen LogP contribution < -0.4 is 0 Å². The summed E-state index contributed by atoms with van der Waals surface area (Å²) in [5, 5.41) is 8.51. The van der Waals surface area contributed by atoms with Gasteiger partial charge in [0.2, 0.25) is 0 Å². The molecule has 34 heavy (non-hydrogen) atoms. The van der Waals surface area contributed by atoms with Crippen LogP contribution >= 0.6 is 0 Å². The van der Waals surface area contributed by atoms with Crippen LogP contribution in [0.1, 0.15) is 87.1 Å². The Bertz CT molecular complexity index is 891. The monoisotopic (exact) mass is 459 g/mol. The summed E-state index contributed by atoms with van der Waals surface area (Å²) in [5.41, 5.74) is 6.38. The molecule has 0 radical (unpaired) electrons.